The lowest BCUT2D eigenvalue weighted by molar-refractivity contribution is -0.123. The molecule has 0 aliphatic rings. The van der Waals surface area contributed by atoms with Crippen LogP contribution in [-0.2, 0) is 9.53 Å². The first kappa shape index (κ1) is 21.7. The maximum absolute atomic E-state index is 12.1. The summed E-state index contributed by atoms with van der Waals surface area (Å²) in [5.74, 6) is -0.451. The molecular formula is C21H24N2O6. The molecule has 0 heterocycles. The standard InChI is InChI=1S/C21H24N2O6/c1-3-12-28-21(26)15-8-10-17(11-9-15)29-14-19(24)22-23-20(25)16-6-5-7-18(13-16)27-4-2/h5-11,13H,3-4,12,14H2,1-2H3,(H,22,24)(H,23,25). The van der Waals surface area contributed by atoms with E-state index in [4.69, 9.17) is 14.2 Å². The predicted octanol–water partition coefficient (Wildman–Crippen LogP) is 2.49. The van der Waals surface area contributed by atoms with Crippen molar-refractivity contribution in [3.8, 4) is 11.5 Å². The SMILES string of the molecule is CCCOC(=O)c1ccc(OCC(=O)NNC(=O)c2cccc(OCC)c2)cc1. The molecule has 2 amide bonds. The van der Waals surface area contributed by atoms with Crippen LogP contribution in [0.15, 0.2) is 48.5 Å². The Kier molecular flexibility index (Phi) is 8.50. The fourth-order valence-corrected chi connectivity index (χ4v) is 2.24. The number of carbonyl (C=O) groups is 3. The summed E-state index contributed by atoms with van der Waals surface area (Å²) in [7, 11) is 0. The van der Waals surface area contributed by atoms with Gasteiger partial charge in [0.2, 0.25) is 0 Å². The number of esters is 1. The van der Waals surface area contributed by atoms with Gasteiger partial charge in [-0.3, -0.25) is 20.4 Å². The molecule has 0 bridgehead atoms. The molecule has 0 radical (unpaired) electrons. The van der Waals surface area contributed by atoms with Crippen LogP contribution in [-0.4, -0.2) is 37.6 Å². The molecule has 154 valence electrons. The first-order valence-electron chi connectivity index (χ1n) is 9.25. The van der Waals surface area contributed by atoms with Gasteiger partial charge in [-0.1, -0.05) is 13.0 Å². The average molecular weight is 400 g/mol. The summed E-state index contributed by atoms with van der Waals surface area (Å²) in [6.07, 6.45) is 0.747. The van der Waals surface area contributed by atoms with E-state index in [9.17, 15) is 14.4 Å². The molecule has 0 aliphatic carbocycles. The van der Waals surface area contributed by atoms with Crippen LogP contribution in [0.25, 0.3) is 0 Å². The van der Waals surface area contributed by atoms with Crippen LogP contribution in [0.1, 0.15) is 41.0 Å². The Bertz CT molecular complexity index is 835. The first-order valence-corrected chi connectivity index (χ1v) is 9.25. The molecule has 0 aromatic heterocycles. The number of hydrogen-bond donors (Lipinski definition) is 2. The summed E-state index contributed by atoms with van der Waals surface area (Å²) < 4.78 is 15.7. The molecule has 0 saturated heterocycles. The fourth-order valence-electron chi connectivity index (χ4n) is 2.24. The van der Waals surface area contributed by atoms with E-state index in [0.29, 0.717) is 35.8 Å². The summed E-state index contributed by atoms with van der Waals surface area (Å²) in [6, 6.07) is 12.8. The second-order valence-electron chi connectivity index (χ2n) is 5.91. The first-order chi connectivity index (χ1) is 14.0. The number of rotatable bonds is 9. The van der Waals surface area contributed by atoms with E-state index in [1.807, 2.05) is 13.8 Å². The normalized spacial score (nSPS) is 10.0. The van der Waals surface area contributed by atoms with Crippen LogP contribution in [0.4, 0.5) is 0 Å². The van der Waals surface area contributed by atoms with Crippen LogP contribution in [0, 0.1) is 0 Å². The van der Waals surface area contributed by atoms with Crippen molar-refractivity contribution in [1.82, 2.24) is 10.9 Å². The number of hydrogen-bond acceptors (Lipinski definition) is 6. The van der Waals surface area contributed by atoms with Crippen molar-refractivity contribution in [3.63, 3.8) is 0 Å². The highest BCUT2D eigenvalue weighted by atomic mass is 16.5. The lowest BCUT2D eigenvalue weighted by atomic mass is 10.2. The maximum Gasteiger partial charge on any atom is 0.338 e. The second-order valence-corrected chi connectivity index (χ2v) is 5.91. The Morgan fingerprint density at radius 1 is 0.862 bits per heavy atom. The highest BCUT2D eigenvalue weighted by Gasteiger charge is 2.10. The fraction of sp³-hybridized carbons (Fsp3) is 0.286. The number of benzene rings is 2. The summed E-state index contributed by atoms with van der Waals surface area (Å²) >= 11 is 0. The Balaban J connectivity index is 1.77. The quantitative estimate of drug-likeness (QED) is 0.495. The minimum absolute atomic E-state index is 0.307. The van der Waals surface area contributed by atoms with Gasteiger partial charge in [0.25, 0.3) is 11.8 Å². The lowest BCUT2D eigenvalue weighted by Crippen LogP contribution is -2.43. The van der Waals surface area contributed by atoms with Crippen molar-refractivity contribution in [2.45, 2.75) is 20.3 Å². The highest BCUT2D eigenvalue weighted by Crippen LogP contribution is 2.14. The average Bonchev–Trinajstić information content (AvgIpc) is 2.75. The third kappa shape index (κ3) is 7.17. The van der Waals surface area contributed by atoms with Crippen molar-refractivity contribution in [2.24, 2.45) is 0 Å². The molecule has 8 heteroatoms. The molecular weight excluding hydrogens is 376 g/mol. The zero-order chi connectivity index (χ0) is 21.1. The number of hydrazine groups is 1. The summed E-state index contributed by atoms with van der Waals surface area (Å²) in [5, 5.41) is 0. The van der Waals surface area contributed by atoms with E-state index >= 15 is 0 Å². The van der Waals surface area contributed by atoms with Gasteiger partial charge in [0, 0.05) is 5.56 Å². The summed E-state index contributed by atoms with van der Waals surface area (Å²) in [6.45, 7) is 4.30. The molecule has 0 fully saturated rings. The Morgan fingerprint density at radius 3 is 2.31 bits per heavy atom. The van der Waals surface area contributed by atoms with Crippen LogP contribution in [0.3, 0.4) is 0 Å². The third-order valence-electron chi connectivity index (χ3n) is 3.62. The van der Waals surface area contributed by atoms with Crippen molar-refractivity contribution in [3.05, 3.63) is 59.7 Å². The van der Waals surface area contributed by atoms with E-state index < -0.39 is 17.8 Å². The topological polar surface area (TPSA) is 103 Å². The molecule has 2 N–H and O–H groups in total. The Hall–Kier alpha value is -3.55. The van der Waals surface area contributed by atoms with Gasteiger partial charge < -0.3 is 14.2 Å². The molecule has 0 spiro atoms. The van der Waals surface area contributed by atoms with Crippen molar-refractivity contribution >= 4 is 17.8 Å². The van der Waals surface area contributed by atoms with Crippen LogP contribution in [0.5, 0.6) is 11.5 Å². The molecule has 0 atom stereocenters. The largest absolute Gasteiger partial charge is 0.494 e. The van der Waals surface area contributed by atoms with Crippen molar-refractivity contribution in [1.29, 1.82) is 0 Å². The zero-order valence-electron chi connectivity index (χ0n) is 16.4. The number of nitrogens with one attached hydrogen (secondary N) is 2. The lowest BCUT2D eigenvalue weighted by Gasteiger charge is -2.10. The van der Waals surface area contributed by atoms with E-state index in [1.165, 1.54) is 0 Å². The van der Waals surface area contributed by atoms with Crippen molar-refractivity contribution < 1.29 is 28.6 Å². The Labute approximate surface area is 169 Å². The van der Waals surface area contributed by atoms with Gasteiger partial charge in [-0.25, -0.2) is 4.79 Å². The summed E-state index contributed by atoms with van der Waals surface area (Å²) in [4.78, 5) is 35.7. The molecule has 8 nitrogen and oxygen atoms in total. The smallest absolute Gasteiger partial charge is 0.338 e. The van der Waals surface area contributed by atoms with E-state index in [1.54, 1.807) is 48.5 Å². The molecule has 29 heavy (non-hydrogen) atoms. The Morgan fingerprint density at radius 2 is 1.62 bits per heavy atom. The molecule has 0 unspecified atom stereocenters. The highest BCUT2D eigenvalue weighted by molar-refractivity contribution is 5.95. The number of ether oxygens (including phenoxy) is 3. The van der Waals surface area contributed by atoms with E-state index in [-0.39, 0.29) is 6.61 Å². The monoisotopic (exact) mass is 400 g/mol. The number of carbonyl (C=O) groups excluding carboxylic acids is 3. The van der Waals surface area contributed by atoms with Crippen LogP contribution >= 0.6 is 0 Å². The van der Waals surface area contributed by atoms with Crippen LogP contribution in [0.2, 0.25) is 0 Å². The molecule has 2 rings (SSSR count). The molecule has 2 aromatic carbocycles. The van der Waals surface area contributed by atoms with Crippen molar-refractivity contribution in [2.75, 3.05) is 19.8 Å². The third-order valence-corrected chi connectivity index (χ3v) is 3.62. The van der Waals surface area contributed by atoms with Gasteiger partial charge in [-0.05, 0) is 55.8 Å². The van der Waals surface area contributed by atoms with Gasteiger partial charge in [-0.15, -0.1) is 0 Å². The molecule has 0 saturated carbocycles. The maximum atomic E-state index is 12.1. The zero-order valence-corrected chi connectivity index (χ0v) is 16.4. The molecule has 2 aromatic rings. The van der Waals surface area contributed by atoms with Gasteiger partial charge in [-0.2, -0.15) is 0 Å². The van der Waals surface area contributed by atoms with Gasteiger partial charge >= 0.3 is 5.97 Å². The van der Waals surface area contributed by atoms with Crippen LogP contribution < -0.4 is 20.3 Å². The molecule has 0 aliphatic heterocycles. The number of amides is 2. The van der Waals surface area contributed by atoms with Gasteiger partial charge in [0.05, 0.1) is 18.8 Å². The van der Waals surface area contributed by atoms with Gasteiger partial charge in [0.1, 0.15) is 11.5 Å². The van der Waals surface area contributed by atoms with E-state index in [0.717, 1.165) is 6.42 Å². The minimum atomic E-state index is -0.536. The van der Waals surface area contributed by atoms with E-state index in [2.05, 4.69) is 10.9 Å². The summed E-state index contributed by atoms with van der Waals surface area (Å²) in [5.41, 5.74) is 5.34. The minimum Gasteiger partial charge on any atom is -0.494 e. The second kappa shape index (κ2) is 11.3. The predicted molar refractivity (Wildman–Crippen MR) is 106 cm³/mol. The van der Waals surface area contributed by atoms with Gasteiger partial charge in [0.15, 0.2) is 6.61 Å².